The molecular weight excluding hydrogens is 328 g/mol. The van der Waals surface area contributed by atoms with Crippen LogP contribution in [0, 0.1) is 13.8 Å². The summed E-state index contributed by atoms with van der Waals surface area (Å²) in [5, 5.41) is 0. The Morgan fingerprint density at radius 2 is 0.923 bits per heavy atom. The van der Waals surface area contributed by atoms with Gasteiger partial charge in [-0.25, -0.2) is 9.59 Å². The van der Waals surface area contributed by atoms with Crippen molar-refractivity contribution in [3.8, 4) is 11.5 Å². The van der Waals surface area contributed by atoms with Crippen LogP contribution in [-0.4, -0.2) is 11.9 Å². The lowest BCUT2D eigenvalue weighted by atomic mass is 10.1. The van der Waals surface area contributed by atoms with Crippen molar-refractivity contribution in [3.63, 3.8) is 0 Å². The summed E-state index contributed by atoms with van der Waals surface area (Å²) < 4.78 is 11.0. The van der Waals surface area contributed by atoms with Crippen molar-refractivity contribution in [3.05, 3.63) is 95.1 Å². The van der Waals surface area contributed by atoms with Gasteiger partial charge in [0.05, 0.1) is 11.1 Å². The van der Waals surface area contributed by atoms with Gasteiger partial charge in [0.2, 0.25) is 0 Å². The highest BCUT2D eigenvalue weighted by molar-refractivity contribution is 5.92. The number of carbonyl (C=O) groups excluding carboxylic acids is 2. The molecule has 0 aromatic heterocycles. The zero-order valence-electron chi connectivity index (χ0n) is 14.6. The van der Waals surface area contributed by atoms with Gasteiger partial charge in [0.25, 0.3) is 0 Å². The van der Waals surface area contributed by atoms with Crippen LogP contribution in [0.2, 0.25) is 0 Å². The van der Waals surface area contributed by atoms with Crippen LogP contribution in [-0.2, 0) is 0 Å². The highest BCUT2D eigenvalue weighted by atomic mass is 16.5. The van der Waals surface area contributed by atoms with Gasteiger partial charge in [-0.05, 0) is 61.4 Å². The fourth-order valence-electron chi connectivity index (χ4n) is 2.46. The lowest BCUT2D eigenvalue weighted by molar-refractivity contribution is 0.0717. The van der Waals surface area contributed by atoms with Crippen molar-refractivity contribution in [1.29, 1.82) is 0 Å². The van der Waals surface area contributed by atoms with E-state index >= 15 is 0 Å². The number of hydrogen-bond donors (Lipinski definition) is 0. The van der Waals surface area contributed by atoms with Crippen molar-refractivity contribution in [1.82, 2.24) is 0 Å². The van der Waals surface area contributed by atoms with Gasteiger partial charge >= 0.3 is 11.9 Å². The van der Waals surface area contributed by atoms with E-state index in [9.17, 15) is 9.59 Å². The Morgan fingerprint density at radius 1 is 0.577 bits per heavy atom. The second-order valence-corrected chi connectivity index (χ2v) is 5.82. The molecule has 0 aliphatic carbocycles. The Kier molecular flexibility index (Phi) is 5.13. The number of carbonyl (C=O) groups is 2. The maximum Gasteiger partial charge on any atom is 0.343 e. The standard InChI is InChI=1S/C22H18O4/c1-15-16(2)20(26-22(24)18-11-7-4-8-12-18)14-13-19(15)25-21(23)17-9-5-3-6-10-17/h3-14H,1-2H3. The maximum absolute atomic E-state index is 12.2. The number of esters is 2. The van der Waals surface area contributed by atoms with E-state index in [2.05, 4.69) is 0 Å². The van der Waals surface area contributed by atoms with Gasteiger partial charge in [-0.15, -0.1) is 0 Å². The SMILES string of the molecule is Cc1c(OC(=O)c2ccccc2)ccc(OC(=O)c2ccccc2)c1C. The highest BCUT2D eigenvalue weighted by Gasteiger charge is 2.16. The molecule has 0 aliphatic heterocycles. The predicted octanol–water partition coefficient (Wildman–Crippen LogP) is 4.74. The van der Waals surface area contributed by atoms with E-state index in [-0.39, 0.29) is 0 Å². The highest BCUT2D eigenvalue weighted by Crippen LogP contribution is 2.30. The molecule has 3 aromatic rings. The molecule has 0 unspecified atom stereocenters. The monoisotopic (exact) mass is 346 g/mol. The first-order chi connectivity index (χ1) is 12.6. The molecule has 0 amide bonds. The van der Waals surface area contributed by atoms with Crippen LogP contribution in [0.3, 0.4) is 0 Å². The summed E-state index contributed by atoms with van der Waals surface area (Å²) in [7, 11) is 0. The van der Waals surface area contributed by atoms with Gasteiger partial charge in [0, 0.05) is 0 Å². The van der Waals surface area contributed by atoms with Gasteiger partial charge < -0.3 is 9.47 Å². The Balaban J connectivity index is 1.78. The van der Waals surface area contributed by atoms with Gasteiger partial charge in [-0.1, -0.05) is 36.4 Å². The van der Waals surface area contributed by atoms with Crippen molar-refractivity contribution >= 4 is 11.9 Å². The van der Waals surface area contributed by atoms with Crippen LogP contribution >= 0.6 is 0 Å². The lowest BCUT2D eigenvalue weighted by Gasteiger charge is -2.13. The molecule has 3 rings (SSSR count). The van der Waals surface area contributed by atoms with Crippen molar-refractivity contribution in [2.75, 3.05) is 0 Å². The molecule has 0 N–H and O–H groups in total. The van der Waals surface area contributed by atoms with Crippen LogP contribution in [0.5, 0.6) is 11.5 Å². The van der Waals surface area contributed by atoms with E-state index in [1.165, 1.54) is 0 Å². The molecule has 0 aliphatic rings. The maximum atomic E-state index is 12.2. The third kappa shape index (κ3) is 3.81. The van der Waals surface area contributed by atoms with Crippen molar-refractivity contribution in [2.24, 2.45) is 0 Å². The van der Waals surface area contributed by atoms with E-state index < -0.39 is 11.9 Å². The smallest absolute Gasteiger partial charge is 0.343 e. The third-order valence-corrected chi connectivity index (χ3v) is 4.11. The Morgan fingerprint density at radius 3 is 1.27 bits per heavy atom. The molecule has 0 saturated heterocycles. The predicted molar refractivity (Wildman–Crippen MR) is 98.7 cm³/mol. The normalized spacial score (nSPS) is 10.2. The zero-order chi connectivity index (χ0) is 18.5. The number of hydrogen-bond acceptors (Lipinski definition) is 4. The topological polar surface area (TPSA) is 52.6 Å². The Bertz CT molecular complexity index is 853. The van der Waals surface area contributed by atoms with Crippen LogP contribution < -0.4 is 9.47 Å². The van der Waals surface area contributed by atoms with Crippen LogP contribution in [0.15, 0.2) is 72.8 Å². The molecule has 0 atom stereocenters. The zero-order valence-corrected chi connectivity index (χ0v) is 14.6. The quantitative estimate of drug-likeness (QED) is 0.506. The van der Waals surface area contributed by atoms with Gasteiger partial charge in [-0.3, -0.25) is 0 Å². The molecule has 26 heavy (non-hydrogen) atoms. The largest absolute Gasteiger partial charge is 0.423 e. The van der Waals surface area contributed by atoms with Gasteiger partial charge in [-0.2, -0.15) is 0 Å². The second kappa shape index (κ2) is 7.66. The molecule has 4 nitrogen and oxygen atoms in total. The number of ether oxygens (including phenoxy) is 2. The first kappa shape index (κ1) is 17.4. The summed E-state index contributed by atoms with van der Waals surface area (Å²) in [6, 6.07) is 20.8. The molecule has 0 spiro atoms. The summed E-state index contributed by atoms with van der Waals surface area (Å²) >= 11 is 0. The van der Waals surface area contributed by atoms with E-state index in [0.717, 1.165) is 11.1 Å². The Hall–Kier alpha value is -3.40. The number of benzene rings is 3. The van der Waals surface area contributed by atoms with Crippen molar-refractivity contribution in [2.45, 2.75) is 13.8 Å². The minimum atomic E-state index is -0.429. The number of rotatable bonds is 4. The van der Waals surface area contributed by atoms with Gasteiger partial charge in [0.1, 0.15) is 11.5 Å². The van der Waals surface area contributed by atoms with E-state index in [0.29, 0.717) is 22.6 Å². The van der Waals surface area contributed by atoms with Crippen LogP contribution in [0.25, 0.3) is 0 Å². The summed E-state index contributed by atoms with van der Waals surface area (Å²) in [4.78, 5) is 24.4. The molecule has 3 aromatic carbocycles. The summed E-state index contributed by atoms with van der Waals surface area (Å²) in [6.45, 7) is 3.64. The average molecular weight is 346 g/mol. The fourth-order valence-corrected chi connectivity index (χ4v) is 2.46. The summed E-state index contributed by atoms with van der Waals surface area (Å²) in [5.41, 5.74) is 2.44. The van der Waals surface area contributed by atoms with Crippen molar-refractivity contribution < 1.29 is 19.1 Å². The lowest BCUT2D eigenvalue weighted by Crippen LogP contribution is -2.11. The van der Waals surface area contributed by atoms with Crippen LogP contribution in [0.4, 0.5) is 0 Å². The minimum absolute atomic E-state index is 0.429. The van der Waals surface area contributed by atoms with E-state index in [4.69, 9.17) is 9.47 Å². The molecule has 4 heteroatoms. The first-order valence-electron chi connectivity index (χ1n) is 8.21. The molecule has 130 valence electrons. The summed E-state index contributed by atoms with van der Waals surface area (Å²) in [5.74, 6) is 0.0241. The first-order valence-corrected chi connectivity index (χ1v) is 8.21. The van der Waals surface area contributed by atoms with E-state index in [1.54, 1.807) is 60.7 Å². The fraction of sp³-hybridized carbons (Fsp3) is 0.0909. The van der Waals surface area contributed by atoms with E-state index in [1.807, 2.05) is 26.0 Å². The third-order valence-electron chi connectivity index (χ3n) is 4.11. The molecule has 0 saturated carbocycles. The molecule has 0 fully saturated rings. The summed E-state index contributed by atoms with van der Waals surface area (Å²) in [6.07, 6.45) is 0. The van der Waals surface area contributed by atoms with Gasteiger partial charge in [0.15, 0.2) is 0 Å². The Labute approximate surface area is 152 Å². The average Bonchev–Trinajstić information content (AvgIpc) is 2.69. The van der Waals surface area contributed by atoms with Crippen LogP contribution in [0.1, 0.15) is 31.8 Å². The second-order valence-electron chi connectivity index (χ2n) is 5.82. The minimum Gasteiger partial charge on any atom is -0.423 e. The molecule has 0 radical (unpaired) electrons. The molecular formula is C22H18O4. The molecule has 0 heterocycles. The molecule has 0 bridgehead atoms.